The van der Waals surface area contributed by atoms with Gasteiger partial charge in [-0.25, -0.2) is 0 Å². The lowest BCUT2D eigenvalue weighted by Crippen LogP contribution is -2.32. The quantitative estimate of drug-likeness (QED) is 0.749. The molecular weight excluding hydrogens is 174 g/mol. The normalized spacial score (nSPS) is 12.4. The highest BCUT2D eigenvalue weighted by Crippen LogP contribution is 2.08. The highest BCUT2D eigenvalue weighted by Gasteiger charge is 2.00. The number of ether oxygens (including phenoxy) is 1. The molecule has 0 amide bonds. The second kappa shape index (κ2) is 6.44. The van der Waals surface area contributed by atoms with E-state index in [1.807, 2.05) is 30.3 Å². The Kier molecular flexibility index (Phi) is 5.08. The van der Waals surface area contributed by atoms with Crippen LogP contribution in [0.3, 0.4) is 0 Å². The number of rotatable bonds is 6. The van der Waals surface area contributed by atoms with Crippen molar-refractivity contribution in [2.24, 2.45) is 0 Å². The lowest BCUT2D eigenvalue weighted by Gasteiger charge is -2.14. The Bertz CT molecular complexity index is 235. The third-order valence-corrected chi connectivity index (χ3v) is 1.99. The van der Waals surface area contributed by atoms with E-state index in [1.54, 1.807) is 0 Å². The molecular formula is C12H19NO. The van der Waals surface area contributed by atoms with Crippen LogP contribution >= 0.6 is 0 Å². The van der Waals surface area contributed by atoms with Crippen molar-refractivity contribution >= 4 is 0 Å². The van der Waals surface area contributed by atoms with Gasteiger partial charge >= 0.3 is 0 Å². The molecule has 2 heteroatoms. The summed E-state index contributed by atoms with van der Waals surface area (Å²) in [6.45, 7) is 6.08. The Labute approximate surface area is 86.3 Å². The maximum absolute atomic E-state index is 5.60. The van der Waals surface area contributed by atoms with Crippen molar-refractivity contribution in [2.75, 3.05) is 13.2 Å². The van der Waals surface area contributed by atoms with E-state index < -0.39 is 0 Å². The maximum Gasteiger partial charge on any atom is 0.119 e. The molecule has 0 saturated heterocycles. The second-order valence-corrected chi connectivity index (χ2v) is 3.48. The molecule has 0 heterocycles. The van der Waals surface area contributed by atoms with E-state index >= 15 is 0 Å². The van der Waals surface area contributed by atoms with Gasteiger partial charge in [-0.2, -0.15) is 0 Å². The fourth-order valence-electron chi connectivity index (χ4n) is 1.19. The van der Waals surface area contributed by atoms with Gasteiger partial charge in [0.1, 0.15) is 12.4 Å². The summed E-state index contributed by atoms with van der Waals surface area (Å²) < 4.78 is 5.60. The molecule has 1 rings (SSSR count). The van der Waals surface area contributed by atoms with Gasteiger partial charge in [0.2, 0.25) is 0 Å². The first-order chi connectivity index (χ1) is 6.83. The van der Waals surface area contributed by atoms with Crippen LogP contribution in [0.15, 0.2) is 30.3 Å². The number of hydrogen-bond donors (Lipinski definition) is 1. The van der Waals surface area contributed by atoms with E-state index in [4.69, 9.17) is 4.74 Å². The molecule has 0 bridgehead atoms. The van der Waals surface area contributed by atoms with Gasteiger partial charge in [0.25, 0.3) is 0 Å². The van der Waals surface area contributed by atoms with Crippen molar-refractivity contribution in [3.05, 3.63) is 30.3 Å². The van der Waals surface area contributed by atoms with Crippen LogP contribution in [-0.2, 0) is 0 Å². The first-order valence-corrected chi connectivity index (χ1v) is 5.24. The van der Waals surface area contributed by atoms with Crippen LogP contribution in [0.2, 0.25) is 0 Å². The van der Waals surface area contributed by atoms with Gasteiger partial charge in [-0.3, -0.25) is 0 Å². The molecule has 0 spiro atoms. The van der Waals surface area contributed by atoms with Crippen LogP contribution < -0.4 is 10.1 Å². The van der Waals surface area contributed by atoms with E-state index in [0.29, 0.717) is 6.04 Å². The minimum atomic E-state index is 0.412. The highest BCUT2D eigenvalue weighted by molar-refractivity contribution is 5.20. The molecule has 0 fully saturated rings. The van der Waals surface area contributed by atoms with Crippen LogP contribution in [0.1, 0.15) is 20.3 Å². The number of hydrogen-bond acceptors (Lipinski definition) is 2. The predicted molar refractivity (Wildman–Crippen MR) is 59.7 cm³/mol. The predicted octanol–water partition coefficient (Wildman–Crippen LogP) is 2.45. The summed E-state index contributed by atoms with van der Waals surface area (Å²) >= 11 is 0. The average molecular weight is 193 g/mol. The van der Waals surface area contributed by atoms with Crippen molar-refractivity contribution in [1.82, 2.24) is 5.32 Å². The molecule has 1 aromatic rings. The summed E-state index contributed by atoms with van der Waals surface area (Å²) in [5.41, 5.74) is 0. The molecule has 14 heavy (non-hydrogen) atoms. The summed E-state index contributed by atoms with van der Waals surface area (Å²) in [4.78, 5) is 0. The molecule has 1 atom stereocenters. The van der Waals surface area contributed by atoms with Gasteiger partial charge in [-0.05, 0) is 32.0 Å². The first kappa shape index (κ1) is 11.1. The van der Waals surface area contributed by atoms with Crippen molar-refractivity contribution < 1.29 is 4.74 Å². The highest BCUT2D eigenvalue weighted by atomic mass is 16.5. The number of benzene rings is 1. The zero-order chi connectivity index (χ0) is 10.2. The Balaban J connectivity index is 2.20. The zero-order valence-electron chi connectivity index (χ0n) is 8.99. The molecule has 0 aromatic heterocycles. The van der Waals surface area contributed by atoms with Gasteiger partial charge in [-0.1, -0.05) is 25.1 Å². The minimum Gasteiger partial charge on any atom is -0.492 e. The zero-order valence-corrected chi connectivity index (χ0v) is 8.99. The molecule has 1 N–H and O–H groups in total. The van der Waals surface area contributed by atoms with Crippen molar-refractivity contribution in [1.29, 1.82) is 0 Å². The summed E-state index contributed by atoms with van der Waals surface area (Å²) in [5.74, 6) is 0.942. The van der Waals surface area contributed by atoms with Gasteiger partial charge in [0.15, 0.2) is 0 Å². The molecule has 0 radical (unpaired) electrons. The van der Waals surface area contributed by atoms with Crippen molar-refractivity contribution in [2.45, 2.75) is 26.3 Å². The standard InChI is InChI=1S/C12H19NO/c1-3-9-13-11(2)10-14-12-7-5-4-6-8-12/h4-8,11,13H,3,9-10H2,1-2H3. The topological polar surface area (TPSA) is 21.3 Å². The van der Waals surface area contributed by atoms with Crippen LogP contribution in [0.25, 0.3) is 0 Å². The largest absolute Gasteiger partial charge is 0.492 e. The van der Waals surface area contributed by atoms with Crippen LogP contribution in [0, 0.1) is 0 Å². The van der Waals surface area contributed by atoms with E-state index in [0.717, 1.165) is 25.3 Å². The van der Waals surface area contributed by atoms with E-state index in [2.05, 4.69) is 19.2 Å². The van der Waals surface area contributed by atoms with Crippen LogP contribution in [-0.4, -0.2) is 19.2 Å². The third-order valence-electron chi connectivity index (χ3n) is 1.99. The van der Waals surface area contributed by atoms with Crippen LogP contribution in [0.5, 0.6) is 5.75 Å². The monoisotopic (exact) mass is 193 g/mol. The van der Waals surface area contributed by atoms with Crippen molar-refractivity contribution in [3.63, 3.8) is 0 Å². The van der Waals surface area contributed by atoms with Gasteiger partial charge in [0, 0.05) is 6.04 Å². The molecule has 0 aliphatic carbocycles. The molecule has 1 aromatic carbocycles. The number of nitrogens with one attached hydrogen (secondary N) is 1. The molecule has 1 unspecified atom stereocenters. The van der Waals surface area contributed by atoms with E-state index in [9.17, 15) is 0 Å². The maximum atomic E-state index is 5.60. The van der Waals surface area contributed by atoms with Gasteiger partial charge in [0.05, 0.1) is 0 Å². The lowest BCUT2D eigenvalue weighted by molar-refractivity contribution is 0.273. The van der Waals surface area contributed by atoms with Crippen LogP contribution in [0.4, 0.5) is 0 Å². The summed E-state index contributed by atoms with van der Waals surface area (Å²) in [6.07, 6.45) is 1.16. The van der Waals surface area contributed by atoms with Gasteiger partial charge in [-0.15, -0.1) is 0 Å². The molecule has 0 aliphatic rings. The Morgan fingerprint density at radius 2 is 2.00 bits per heavy atom. The van der Waals surface area contributed by atoms with E-state index in [-0.39, 0.29) is 0 Å². The Morgan fingerprint density at radius 1 is 1.29 bits per heavy atom. The Morgan fingerprint density at radius 3 is 2.64 bits per heavy atom. The number of para-hydroxylation sites is 1. The second-order valence-electron chi connectivity index (χ2n) is 3.48. The summed E-state index contributed by atoms with van der Waals surface area (Å²) in [6, 6.07) is 10.3. The minimum absolute atomic E-state index is 0.412. The lowest BCUT2D eigenvalue weighted by atomic mass is 10.3. The third kappa shape index (κ3) is 4.28. The molecule has 0 aliphatic heterocycles. The first-order valence-electron chi connectivity index (χ1n) is 5.24. The summed E-state index contributed by atoms with van der Waals surface area (Å²) in [5, 5.41) is 3.38. The smallest absolute Gasteiger partial charge is 0.119 e. The van der Waals surface area contributed by atoms with Crippen molar-refractivity contribution in [3.8, 4) is 5.75 Å². The summed E-state index contributed by atoms with van der Waals surface area (Å²) in [7, 11) is 0. The SMILES string of the molecule is CCCNC(C)COc1ccccc1. The van der Waals surface area contributed by atoms with Gasteiger partial charge < -0.3 is 10.1 Å². The fourth-order valence-corrected chi connectivity index (χ4v) is 1.19. The molecule has 78 valence electrons. The average Bonchev–Trinajstić information content (AvgIpc) is 2.25. The molecule has 2 nitrogen and oxygen atoms in total. The Hall–Kier alpha value is -1.02. The van der Waals surface area contributed by atoms with E-state index in [1.165, 1.54) is 0 Å². The fraction of sp³-hybridized carbons (Fsp3) is 0.500. The molecule has 0 saturated carbocycles.